The summed E-state index contributed by atoms with van der Waals surface area (Å²) in [5, 5.41) is 0. The zero-order valence-corrected chi connectivity index (χ0v) is 20.6. The summed E-state index contributed by atoms with van der Waals surface area (Å²) in [6.07, 6.45) is 5.64. The maximum Gasteiger partial charge on any atom is 0.254 e. The van der Waals surface area contributed by atoms with Crippen LogP contribution in [-0.4, -0.2) is 40.7 Å². The zero-order valence-electron chi connectivity index (χ0n) is 20.6. The monoisotopic (exact) mass is 460 g/mol. The normalized spacial score (nSPS) is 10.9. The van der Waals surface area contributed by atoms with Crippen LogP contribution in [0.2, 0.25) is 0 Å². The van der Waals surface area contributed by atoms with Crippen LogP contribution in [0.4, 0.5) is 0 Å². The second kappa shape index (κ2) is 12.8. The van der Waals surface area contributed by atoms with Crippen LogP contribution in [0, 0.1) is 0 Å². The van der Waals surface area contributed by atoms with Crippen molar-refractivity contribution in [2.45, 2.75) is 59.0 Å². The molecule has 0 aliphatic heterocycles. The molecule has 3 rings (SSSR count). The highest BCUT2D eigenvalue weighted by molar-refractivity contribution is 5.96. The maximum atomic E-state index is 13.4. The van der Waals surface area contributed by atoms with Crippen molar-refractivity contribution in [3.8, 4) is 0 Å². The SMILES string of the molecule is CCCCc1ccc(C(=O)N(CC(=O)N(CCc2ccccc2)Cc2ccco2)C(C)C)cc1. The van der Waals surface area contributed by atoms with Crippen LogP contribution in [0.1, 0.15) is 60.9 Å². The van der Waals surface area contributed by atoms with Crippen molar-refractivity contribution in [2.24, 2.45) is 0 Å². The van der Waals surface area contributed by atoms with Gasteiger partial charge in [-0.15, -0.1) is 0 Å². The molecule has 0 fully saturated rings. The molecule has 0 N–H and O–H groups in total. The summed E-state index contributed by atoms with van der Waals surface area (Å²) in [6.45, 7) is 7.03. The fourth-order valence-corrected chi connectivity index (χ4v) is 3.89. The molecule has 5 heteroatoms. The van der Waals surface area contributed by atoms with Crippen LogP contribution in [0.15, 0.2) is 77.4 Å². The molecule has 1 aromatic heterocycles. The van der Waals surface area contributed by atoms with Gasteiger partial charge in [0, 0.05) is 18.2 Å². The third-order valence-corrected chi connectivity index (χ3v) is 6.00. The summed E-state index contributed by atoms with van der Waals surface area (Å²) in [5.74, 6) is 0.520. The number of carbonyl (C=O) groups is 2. The molecule has 3 aromatic rings. The first-order chi connectivity index (χ1) is 16.5. The molecule has 180 valence electrons. The molecule has 2 aromatic carbocycles. The van der Waals surface area contributed by atoms with Gasteiger partial charge in [0.25, 0.3) is 5.91 Å². The van der Waals surface area contributed by atoms with E-state index in [-0.39, 0.29) is 24.4 Å². The maximum absolute atomic E-state index is 13.4. The Morgan fingerprint density at radius 3 is 2.21 bits per heavy atom. The molecular weight excluding hydrogens is 424 g/mol. The molecular formula is C29H36N2O3. The minimum atomic E-state index is -0.119. The van der Waals surface area contributed by atoms with Crippen LogP contribution in [0.3, 0.4) is 0 Å². The Labute approximate surface area is 203 Å². The highest BCUT2D eigenvalue weighted by Gasteiger charge is 2.25. The van der Waals surface area contributed by atoms with E-state index in [1.54, 1.807) is 16.1 Å². The first-order valence-corrected chi connectivity index (χ1v) is 12.2. The van der Waals surface area contributed by atoms with Crippen molar-refractivity contribution in [1.82, 2.24) is 9.80 Å². The van der Waals surface area contributed by atoms with E-state index < -0.39 is 0 Å². The van der Waals surface area contributed by atoms with Crippen LogP contribution >= 0.6 is 0 Å². The average Bonchev–Trinajstić information content (AvgIpc) is 3.37. The summed E-state index contributed by atoms with van der Waals surface area (Å²) in [5.41, 5.74) is 3.01. The first kappa shape index (κ1) is 25.3. The number of benzene rings is 2. The molecule has 0 spiro atoms. The van der Waals surface area contributed by atoms with E-state index in [2.05, 4.69) is 19.1 Å². The van der Waals surface area contributed by atoms with E-state index in [0.29, 0.717) is 18.7 Å². The van der Waals surface area contributed by atoms with Crippen molar-refractivity contribution < 1.29 is 14.0 Å². The number of hydrogen-bond donors (Lipinski definition) is 0. The minimum Gasteiger partial charge on any atom is -0.467 e. The summed E-state index contributed by atoms with van der Waals surface area (Å²) in [6, 6.07) is 21.5. The van der Waals surface area contributed by atoms with Crippen molar-refractivity contribution in [2.75, 3.05) is 13.1 Å². The van der Waals surface area contributed by atoms with Crippen molar-refractivity contribution >= 4 is 11.8 Å². The van der Waals surface area contributed by atoms with Crippen LogP contribution in [0.5, 0.6) is 0 Å². The number of aryl methyl sites for hydroxylation is 1. The standard InChI is InChI=1S/C29H36N2O3/c1-4-5-10-25-14-16-26(17-15-25)29(33)31(23(2)3)22-28(32)30(21-27-13-9-20-34-27)19-18-24-11-7-6-8-12-24/h6-9,11-17,20,23H,4-5,10,18-19,21-22H2,1-3H3. The van der Waals surface area contributed by atoms with Crippen molar-refractivity contribution in [1.29, 1.82) is 0 Å². The average molecular weight is 461 g/mol. The Morgan fingerprint density at radius 2 is 1.59 bits per heavy atom. The third kappa shape index (κ3) is 7.34. The molecule has 0 saturated carbocycles. The molecule has 2 amide bonds. The number of carbonyl (C=O) groups excluding carboxylic acids is 2. The number of rotatable bonds is 12. The Morgan fingerprint density at radius 1 is 0.882 bits per heavy atom. The fraction of sp³-hybridized carbons (Fsp3) is 0.379. The molecule has 0 aliphatic carbocycles. The predicted octanol–water partition coefficient (Wildman–Crippen LogP) is 5.74. The van der Waals surface area contributed by atoms with E-state index >= 15 is 0 Å². The van der Waals surface area contributed by atoms with E-state index in [4.69, 9.17) is 4.42 Å². The number of furan rings is 1. The number of amides is 2. The van der Waals surface area contributed by atoms with E-state index in [1.165, 1.54) is 11.1 Å². The lowest BCUT2D eigenvalue weighted by atomic mass is 10.1. The van der Waals surface area contributed by atoms with Gasteiger partial charge >= 0.3 is 0 Å². The molecule has 0 radical (unpaired) electrons. The number of hydrogen-bond acceptors (Lipinski definition) is 3. The molecule has 0 aliphatic rings. The van der Waals surface area contributed by atoms with Gasteiger partial charge in [-0.05, 0) is 68.5 Å². The molecule has 1 heterocycles. The second-order valence-corrected chi connectivity index (χ2v) is 8.96. The third-order valence-electron chi connectivity index (χ3n) is 6.00. The van der Waals surface area contributed by atoms with Crippen molar-refractivity contribution in [3.05, 3.63) is 95.4 Å². The fourth-order valence-electron chi connectivity index (χ4n) is 3.89. The van der Waals surface area contributed by atoms with Gasteiger partial charge in [-0.1, -0.05) is 55.8 Å². The van der Waals surface area contributed by atoms with Gasteiger partial charge in [0.15, 0.2) is 0 Å². The van der Waals surface area contributed by atoms with Gasteiger partial charge in [0.2, 0.25) is 5.91 Å². The predicted molar refractivity (Wildman–Crippen MR) is 135 cm³/mol. The van der Waals surface area contributed by atoms with E-state index in [1.807, 2.05) is 68.4 Å². The van der Waals surface area contributed by atoms with Crippen LogP contribution in [0.25, 0.3) is 0 Å². The molecule has 34 heavy (non-hydrogen) atoms. The Bertz CT molecular complexity index is 1010. The lowest BCUT2D eigenvalue weighted by molar-refractivity contribution is -0.133. The van der Waals surface area contributed by atoms with Gasteiger partial charge < -0.3 is 14.2 Å². The molecule has 0 bridgehead atoms. The Balaban J connectivity index is 1.71. The number of nitrogens with zero attached hydrogens (tertiary/aromatic N) is 2. The summed E-state index contributed by atoms with van der Waals surface area (Å²) >= 11 is 0. The molecule has 0 unspecified atom stereocenters. The minimum absolute atomic E-state index is 0.0313. The molecule has 0 atom stereocenters. The van der Waals surface area contributed by atoms with Gasteiger partial charge in [-0.3, -0.25) is 9.59 Å². The highest BCUT2D eigenvalue weighted by atomic mass is 16.3. The second-order valence-electron chi connectivity index (χ2n) is 8.96. The van der Waals surface area contributed by atoms with Gasteiger partial charge in [0.1, 0.15) is 12.3 Å². The topological polar surface area (TPSA) is 53.8 Å². The van der Waals surface area contributed by atoms with Crippen LogP contribution < -0.4 is 0 Å². The largest absolute Gasteiger partial charge is 0.467 e. The van der Waals surface area contributed by atoms with Gasteiger partial charge in [-0.25, -0.2) is 0 Å². The molecule has 0 saturated heterocycles. The highest BCUT2D eigenvalue weighted by Crippen LogP contribution is 2.14. The van der Waals surface area contributed by atoms with E-state index in [0.717, 1.165) is 31.4 Å². The summed E-state index contributed by atoms with van der Waals surface area (Å²) in [7, 11) is 0. The quantitative estimate of drug-likeness (QED) is 0.346. The molecule has 5 nitrogen and oxygen atoms in total. The number of unbranched alkanes of at least 4 members (excludes halogenated alkanes) is 1. The van der Waals surface area contributed by atoms with Crippen molar-refractivity contribution in [3.63, 3.8) is 0 Å². The zero-order chi connectivity index (χ0) is 24.3. The van der Waals surface area contributed by atoms with E-state index in [9.17, 15) is 9.59 Å². The first-order valence-electron chi connectivity index (χ1n) is 12.2. The van der Waals surface area contributed by atoms with Crippen LogP contribution in [-0.2, 0) is 24.2 Å². The lowest BCUT2D eigenvalue weighted by Crippen LogP contribution is -2.46. The van der Waals surface area contributed by atoms with Gasteiger partial charge in [-0.2, -0.15) is 0 Å². The Kier molecular flexibility index (Phi) is 9.51. The summed E-state index contributed by atoms with van der Waals surface area (Å²) < 4.78 is 5.50. The summed E-state index contributed by atoms with van der Waals surface area (Å²) in [4.78, 5) is 30.1. The smallest absolute Gasteiger partial charge is 0.254 e. The van der Waals surface area contributed by atoms with Gasteiger partial charge in [0.05, 0.1) is 12.8 Å². The Hall–Kier alpha value is -3.34. The lowest BCUT2D eigenvalue weighted by Gasteiger charge is -2.30.